The largest absolute Gasteiger partial charge is 0.394 e. The molecule has 0 heterocycles. The molecule has 0 bridgehead atoms. The van der Waals surface area contributed by atoms with E-state index >= 15 is 0 Å². The molecule has 0 saturated heterocycles. The van der Waals surface area contributed by atoms with E-state index in [1.54, 1.807) is 0 Å². The van der Waals surface area contributed by atoms with Crippen molar-refractivity contribution in [2.45, 2.75) is 57.1 Å². The Kier molecular flexibility index (Phi) is 10.1. The fraction of sp³-hybridized carbons (Fsp3) is 0.667. The van der Waals surface area contributed by atoms with Gasteiger partial charge in [0, 0.05) is 6.61 Å². The third-order valence-electron chi connectivity index (χ3n) is 3.95. The molecule has 0 saturated carbocycles. The number of aliphatic hydroxyl groups is 2. The van der Waals surface area contributed by atoms with Crippen molar-refractivity contribution in [2.24, 2.45) is 5.73 Å². The topological polar surface area (TPSA) is 75.7 Å². The van der Waals surface area contributed by atoms with Gasteiger partial charge in [0.2, 0.25) is 0 Å². The highest BCUT2D eigenvalue weighted by atomic mass is 16.5. The van der Waals surface area contributed by atoms with Gasteiger partial charge in [-0.3, -0.25) is 0 Å². The molecule has 4 N–H and O–H groups in total. The molecule has 0 spiro atoms. The molecule has 0 unspecified atom stereocenters. The summed E-state index contributed by atoms with van der Waals surface area (Å²) in [5, 5.41) is 18.2. The Hall–Kier alpha value is -0.940. The van der Waals surface area contributed by atoms with Crippen LogP contribution in [-0.2, 0) is 11.3 Å². The van der Waals surface area contributed by atoms with Crippen LogP contribution in [0.25, 0.3) is 0 Å². The van der Waals surface area contributed by atoms with E-state index in [2.05, 4.69) is 12.1 Å². The lowest BCUT2D eigenvalue weighted by Crippen LogP contribution is -2.47. The molecule has 0 aromatic heterocycles. The van der Waals surface area contributed by atoms with Crippen LogP contribution in [0.1, 0.15) is 50.5 Å². The second kappa shape index (κ2) is 11.6. The van der Waals surface area contributed by atoms with Gasteiger partial charge < -0.3 is 20.7 Å². The second-order valence-electron chi connectivity index (χ2n) is 6.09. The normalized spacial score (nSPS) is 11.8. The number of nitrogens with two attached hydrogens (primary N) is 1. The van der Waals surface area contributed by atoms with Gasteiger partial charge in [-0.25, -0.2) is 0 Å². The first-order chi connectivity index (χ1) is 10.7. The Morgan fingerprint density at radius 3 is 2.09 bits per heavy atom. The molecule has 0 atom stereocenters. The molecule has 0 amide bonds. The fourth-order valence-electron chi connectivity index (χ4n) is 2.36. The molecule has 4 heteroatoms. The Balaban J connectivity index is 1.88. The maximum Gasteiger partial charge on any atom is 0.0716 e. The predicted molar refractivity (Wildman–Crippen MR) is 89.5 cm³/mol. The number of ether oxygens (including phenoxy) is 1. The smallest absolute Gasteiger partial charge is 0.0716 e. The molecule has 0 fully saturated rings. The Bertz CT molecular complexity index is 366. The summed E-state index contributed by atoms with van der Waals surface area (Å²) in [7, 11) is 0. The quantitative estimate of drug-likeness (QED) is 0.490. The highest BCUT2D eigenvalue weighted by Gasteiger charge is 2.21. The van der Waals surface area contributed by atoms with E-state index in [-0.39, 0.29) is 13.2 Å². The van der Waals surface area contributed by atoms with Crippen LogP contribution in [0, 0.1) is 0 Å². The molecule has 22 heavy (non-hydrogen) atoms. The summed E-state index contributed by atoms with van der Waals surface area (Å²) in [4.78, 5) is 0. The third-order valence-corrected chi connectivity index (χ3v) is 3.95. The molecular formula is C18H31NO3. The van der Waals surface area contributed by atoms with Crippen LogP contribution >= 0.6 is 0 Å². The van der Waals surface area contributed by atoms with E-state index in [0.29, 0.717) is 13.0 Å². The van der Waals surface area contributed by atoms with Crippen molar-refractivity contribution in [3.63, 3.8) is 0 Å². The highest BCUT2D eigenvalue weighted by molar-refractivity contribution is 5.13. The fourth-order valence-corrected chi connectivity index (χ4v) is 2.36. The summed E-state index contributed by atoms with van der Waals surface area (Å²) in [6.07, 6.45) is 7.39. The summed E-state index contributed by atoms with van der Waals surface area (Å²) in [6.45, 7) is 1.21. The van der Waals surface area contributed by atoms with Gasteiger partial charge in [0.05, 0.1) is 25.4 Å². The van der Waals surface area contributed by atoms with Gasteiger partial charge in [0.15, 0.2) is 0 Å². The lowest BCUT2D eigenvalue weighted by atomic mass is 9.95. The van der Waals surface area contributed by atoms with Crippen molar-refractivity contribution >= 4 is 0 Å². The summed E-state index contributed by atoms with van der Waals surface area (Å²) >= 11 is 0. The standard InChI is InChI=1S/C18H31NO3/c19-18(15-20,16-21)12-8-3-1-2-4-9-13-22-14-17-10-6-5-7-11-17/h5-7,10-11,20-21H,1-4,8-9,12-16,19H2. The van der Waals surface area contributed by atoms with Crippen LogP contribution in [0.2, 0.25) is 0 Å². The van der Waals surface area contributed by atoms with Crippen LogP contribution in [0.5, 0.6) is 0 Å². The average molecular weight is 309 g/mol. The number of unbranched alkanes of at least 4 members (excludes halogenated alkanes) is 5. The van der Waals surface area contributed by atoms with Crippen molar-refractivity contribution in [1.82, 2.24) is 0 Å². The maximum absolute atomic E-state index is 9.09. The molecule has 0 radical (unpaired) electrons. The van der Waals surface area contributed by atoms with Gasteiger partial charge in [0.25, 0.3) is 0 Å². The van der Waals surface area contributed by atoms with Crippen molar-refractivity contribution in [2.75, 3.05) is 19.8 Å². The van der Waals surface area contributed by atoms with E-state index in [1.165, 1.54) is 24.8 Å². The lowest BCUT2D eigenvalue weighted by Gasteiger charge is -2.24. The molecule has 0 aliphatic carbocycles. The first-order valence-corrected chi connectivity index (χ1v) is 8.32. The molecule has 0 aliphatic heterocycles. The highest BCUT2D eigenvalue weighted by Crippen LogP contribution is 2.13. The number of hydrogen-bond donors (Lipinski definition) is 3. The van der Waals surface area contributed by atoms with Crippen LogP contribution < -0.4 is 5.73 Å². The van der Waals surface area contributed by atoms with E-state index in [0.717, 1.165) is 25.9 Å². The van der Waals surface area contributed by atoms with Crippen LogP contribution in [0.3, 0.4) is 0 Å². The summed E-state index contributed by atoms with van der Waals surface area (Å²) in [5.74, 6) is 0. The molecule has 0 aliphatic rings. The predicted octanol–water partition coefficient (Wildman–Crippen LogP) is 2.62. The molecular weight excluding hydrogens is 278 g/mol. The summed E-state index contributed by atoms with van der Waals surface area (Å²) < 4.78 is 5.65. The van der Waals surface area contributed by atoms with Gasteiger partial charge in [-0.1, -0.05) is 62.4 Å². The number of rotatable bonds is 13. The molecule has 4 nitrogen and oxygen atoms in total. The van der Waals surface area contributed by atoms with E-state index < -0.39 is 5.54 Å². The van der Waals surface area contributed by atoms with Crippen molar-refractivity contribution < 1.29 is 14.9 Å². The Labute approximate surface area is 134 Å². The molecule has 1 aromatic carbocycles. The minimum atomic E-state index is -0.800. The zero-order chi connectivity index (χ0) is 16.1. The van der Waals surface area contributed by atoms with Crippen LogP contribution in [0.4, 0.5) is 0 Å². The molecule has 1 aromatic rings. The monoisotopic (exact) mass is 309 g/mol. The molecule has 126 valence electrons. The first-order valence-electron chi connectivity index (χ1n) is 8.32. The van der Waals surface area contributed by atoms with E-state index in [4.69, 9.17) is 20.7 Å². The van der Waals surface area contributed by atoms with Gasteiger partial charge in [-0.2, -0.15) is 0 Å². The SMILES string of the molecule is NC(CO)(CO)CCCCCCCCOCc1ccccc1. The Morgan fingerprint density at radius 2 is 1.45 bits per heavy atom. The number of hydrogen-bond acceptors (Lipinski definition) is 4. The van der Waals surface area contributed by atoms with Crippen molar-refractivity contribution in [3.8, 4) is 0 Å². The minimum absolute atomic E-state index is 0.151. The van der Waals surface area contributed by atoms with E-state index in [1.807, 2.05) is 18.2 Å². The third kappa shape index (κ3) is 8.49. The Morgan fingerprint density at radius 1 is 0.864 bits per heavy atom. The maximum atomic E-state index is 9.09. The van der Waals surface area contributed by atoms with Crippen LogP contribution in [0.15, 0.2) is 30.3 Å². The van der Waals surface area contributed by atoms with Gasteiger partial charge in [-0.15, -0.1) is 0 Å². The molecule has 1 rings (SSSR count). The van der Waals surface area contributed by atoms with Gasteiger partial charge in [0.1, 0.15) is 0 Å². The van der Waals surface area contributed by atoms with Crippen molar-refractivity contribution in [3.05, 3.63) is 35.9 Å². The second-order valence-corrected chi connectivity index (χ2v) is 6.09. The number of aliphatic hydroxyl groups excluding tert-OH is 2. The zero-order valence-corrected chi connectivity index (χ0v) is 13.5. The minimum Gasteiger partial charge on any atom is -0.394 e. The van der Waals surface area contributed by atoms with Crippen molar-refractivity contribution in [1.29, 1.82) is 0 Å². The first kappa shape index (κ1) is 19.1. The summed E-state index contributed by atoms with van der Waals surface area (Å²) in [6, 6.07) is 10.2. The number of benzene rings is 1. The zero-order valence-electron chi connectivity index (χ0n) is 13.5. The summed E-state index contributed by atoms with van der Waals surface area (Å²) in [5.41, 5.74) is 6.25. The van der Waals surface area contributed by atoms with E-state index in [9.17, 15) is 0 Å². The lowest BCUT2D eigenvalue weighted by molar-refractivity contribution is 0.112. The van der Waals surface area contributed by atoms with Gasteiger partial charge >= 0.3 is 0 Å². The van der Waals surface area contributed by atoms with Crippen LogP contribution in [-0.4, -0.2) is 35.6 Å². The van der Waals surface area contributed by atoms with Gasteiger partial charge in [-0.05, 0) is 18.4 Å². The average Bonchev–Trinajstić information content (AvgIpc) is 2.57.